The molecular weight excluding hydrogens is 322 g/mol. The summed E-state index contributed by atoms with van der Waals surface area (Å²) in [6, 6.07) is 10.2. The van der Waals surface area contributed by atoms with Crippen LogP contribution in [0.3, 0.4) is 0 Å². The minimum absolute atomic E-state index is 0.0394. The minimum atomic E-state index is -0.0394. The summed E-state index contributed by atoms with van der Waals surface area (Å²) in [5.41, 5.74) is 2.17. The molecule has 1 fully saturated rings. The lowest BCUT2D eigenvalue weighted by molar-refractivity contribution is -0.0133. The van der Waals surface area contributed by atoms with Crippen molar-refractivity contribution in [2.24, 2.45) is 0 Å². The topological polar surface area (TPSA) is 54.5 Å². The number of benzene rings is 1. The molecule has 6 heteroatoms. The summed E-state index contributed by atoms with van der Waals surface area (Å²) in [7, 11) is 0. The lowest BCUT2D eigenvalue weighted by Gasteiger charge is -2.33. The van der Waals surface area contributed by atoms with Crippen molar-refractivity contribution >= 4 is 17.4 Å². The highest BCUT2D eigenvalue weighted by molar-refractivity contribution is 7.09. The quantitative estimate of drug-likeness (QED) is 0.906. The van der Waals surface area contributed by atoms with Gasteiger partial charge in [0.2, 0.25) is 0 Å². The number of aryl methyl sites for hydroxylation is 1. The molecule has 1 N–H and O–H groups in total. The van der Waals surface area contributed by atoms with Gasteiger partial charge in [-0.25, -0.2) is 9.78 Å². The number of carbonyl (C=O) groups excluding carboxylic acids is 1. The third kappa shape index (κ3) is 4.55. The molecule has 2 amide bonds. The highest BCUT2D eigenvalue weighted by Crippen LogP contribution is 2.13. The van der Waals surface area contributed by atoms with Crippen LogP contribution in [0.2, 0.25) is 0 Å². The Kier molecular flexibility index (Phi) is 5.82. The number of aromatic nitrogens is 1. The van der Waals surface area contributed by atoms with Crippen molar-refractivity contribution in [1.29, 1.82) is 0 Å². The van der Waals surface area contributed by atoms with Gasteiger partial charge in [-0.15, -0.1) is 11.3 Å². The molecule has 1 aromatic heterocycles. The van der Waals surface area contributed by atoms with E-state index in [4.69, 9.17) is 4.74 Å². The van der Waals surface area contributed by atoms with Gasteiger partial charge in [0.05, 0.1) is 30.0 Å². The summed E-state index contributed by atoms with van der Waals surface area (Å²) in [6.45, 7) is 4.41. The Labute approximate surface area is 146 Å². The summed E-state index contributed by atoms with van der Waals surface area (Å²) in [4.78, 5) is 18.7. The van der Waals surface area contributed by atoms with Crippen molar-refractivity contribution < 1.29 is 9.53 Å². The van der Waals surface area contributed by atoms with E-state index in [0.29, 0.717) is 26.2 Å². The Balaban J connectivity index is 1.49. The zero-order valence-electron chi connectivity index (χ0n) is 13.9. The number of urea groups is 1. The van der Waals surface area contributed by atoms with Gasteiger partial charge in [0.25, 0.3) is 0 Å². The second-order valence-electron chi connectivity index (χ2n) is 5.87. The van der Waals surface area contributed by atoms with Crippen LogP contribution in [0, 0.1) is 0 Å². The minimum Gasteiger partial charge on any atom is -0.374 e. The summed E-state index contributed by atoms with van der Waals surface area (Å²) in [6.07, 6.45) is 1.82. The third-order valence-electron chi connectivity index (χ3n) is 4.05. The first-order valence-corrected chi connectivity index (χ1v) is 9.24. The fraction of sp³-hybridized carbons (Fsp3) is 0.444. The van der Waals surface area contributed by atoms with Crippen LogP contribution in [-0.4, -0.2) is 41.7 Å². The Morgan fingerprint density at radius 1 is 1.42 bits per heavy atom. The number of hydrogen-bond donors (Lipinski definition) is 1. The smallest absolute Gasteiger partial charge is 0.317 e. The second kappa shape index (κ2) is 8.26. The lowest BCUT2D eigenvalue weighted by atomic mass is 10.1. The summed E-state index contributed by atoms with van der Waals surface area (Å²) in [5, 5.41) is 6.08. The molecule has 0 saturated carbocycles. The Morgan fingerprint density at radius 2 is 2.25 bits per heavy atom. The highest BCUT2D eigenvalue weighted by atomic mass is 32.1. The fourth-order valence-corrected chi connectivity index (χ4v) is 3.52. The van der Waals surface area contributed by atoms with E-state index in [1.54, 1.807) is 11.3 Å². The molecule has 24 heavy (non-hydrogen) atoms. The first-order chi connectivity index (χ1) is 11.7. The molecule has 1 aromatic carbocycles. The highest BCUT2D eigenvalue weighted by Gasteiger charge is 2.24. The van der Waals surface area contributed by atoms with Crippen molar-refractivity contribution in [2.45, 2.75) is 32.4 Å². The maximum absolute atomic E-state index is 12.4. The van der Waals surface area contributed by atoms with E-state index in [1.165, 1.54) is 5.56 Å². The van der Waals surface area contributed by atoms with Gasteiger partial charge in [-0.05, 0) is 12.0 Å². The predicted molar refractivity (Wildman–Crippen MR) is 95.2 cm³/mol. The molecule has 1 saturated heterocycles. The van der Waals surface area contributed by atoms with Crippen molar-refractivity contribution in [3.05, 3.63) is 52.0 Å². The normalized spacial score (nSPS) is 17.7. The second-order valence-corrected chi connectivity index (χ2v) is 6.82. The zero-order chi connectivity index (χ0) is 16.8. The van der Waals surface area contributed by atoms with Gasteiger partial charge in [-0.3, -0.25) is 0 Å². The number of morpholine rings is 1. The number of amides is 2. The average molecular weight is 345 g/mol. The van der Waals surface area contributed by atoms with E-state index in [9.17, 15) is 4.79 Å². The number of nitrogens with zero attached hydrogens (tertiary/aromatic N) is 2. The van der Waals surface area contributed by atoms with Crippen molar-refractivity contribution in [3.8, 4) is 0 Å². The zero-order valence-corrected chi connectivity index (χ0v) is 14.7. The summed E-state index contributed by atoms with van der Waals surface area (Å²) >= 11 is 1.64. The van der Waals surface area contributed by atoms with Gasteiger partial charge in [-0.2, -0.15) is 0 Å². The van der Waals surface area contributed by atoms with Gasteiger partial charge in [0, 0.05) is 24.9 Å². The number of rotatable bonds is 5. The van der Waals surface area contributed by atoms with Gasteiger partial charge < -0.3 is 15.0 Å². The molecule has 2 aromatic rings. The SMILES string of the molecule is CCc1nc(CNC(=O)N2CCO[C@H](Cc3ccccc3)C2)cs1. The van der Waals surface area contributed by atoms with Crippen LogP contribution in [0.15, 0.2) is 35.7 Å². The van der Waals surface area contributed by atoms with Crippen molar-refractivity contribution in [3.63, 3.8) is 0 Å². The van der Waals surface area contributed by atoms with E-state index >= 15 is 0 Å². The predicted octanol–water partition coefficient (Wildman–Crippen LogP) is 2.86. The maximum atomic E-state index is 12.4. The molecule has 3 rings (SSSR count). The number of thiazole rings is 1. The van der Waals surface area contributed by atoms with Crippen LogP contribution in [0.25, 0.3) is 0 Å². The lowest BCUT2D eigenvalue weighted by Crippen LogP contribution is -2.50. The van der Waals surface area contributed by atoms with Crippen LogP contribution in [0.4, 0.5) is 4.79 Å². The van der Waals surface area contributed by atoms with Crippen molar-refractivity contribution in [2.75, 3.05) is 19.7 Å². The molecule has 1 aliphatic rings. The molecule has 0 spiro atoms. The van der Waals surface area contributed by atoms with Gasteiger partial charge in [0.1, 0.15) is 0 Å². The standard InChI is InChI=1S/C18H23N3O2S/c1-2-17-20-15(13-24-17)11-19-18(22)21-8-9-23-16(12-21)10-14-6-4-3-5-7-14/h3-7,13,16H,2,8-12H2,1H3,(H,19,22)/t16-/m1/s1. The summed E-state index contributed by atoms with van der Waals surface area (Å²) < 4.78 is 5.81. The van der Waals surface area contributed by atoms with Crippen LogP contribution >= 0.6 is 11.3 Å². The molecule has 0 unspecified atom stereocenters. The molecule has 0 bridgehead atoms. The molecule has 0 aliphatic carbocycles. The van der Waals surface area contributed by atoms with E-state index in [1.807, 2.05) is 28.5 Å². The molecule has 128 valence electrons. The largest absolute Gasteiger partial charge is 0.374 e. The Bertz CT molecular complexity index is 659. The maximum Gasteiger partial charge on any atom is 0.317 e. The van der Waals surface area contributed by atoms with E-state index in [2.05, 4.69) is 29.4 Å². The Hall–Kier alpha value is -1.92. The van der Waals surface area contributed by atoms with Crippen molar-refractivity contribution in [1.82, 2.24) is 15.2 Å². The van der Waals surface area contributed by atoms with E-state index in [-0.39, 0.29) is 12.1 Å². The first kappa shape index (κ1) is 16.9. The summed E-state index contributed by atoms with van der Waals surface area (Å²) in [5.74, 6) is 0. The van der Waals surface area contributed by atoms with Gasteiger partial charge in [0.15, 0.2) is 0 Å². The molecule has 2 heterocycles. The van der Waals surface area contributed by atoms with E-state index in [0.717, 1.165) is 23.5 Å². The number of carbonyl (C=O) groups is 1. The average Bonchev–Trinajstić information content (AvgIpc) is 3.09. The molecular formula is C18H23N3O2S. The van der Waals surface area contributed by atoms with Crippen LogP contribution in [0.1, 0.15) is 23.2 Å². The number of nitrogens with one attached hydrogen (secondary N) is 1. The number of ether oxygens (including phenoxy) is 1. The van der Waals surface area contributed by atoms with Crippen LogP contribution < -0.4 is 5.32 Å². The fourth-order valence-electron chi connectivity index (χ4n) is 2.77. The number of hydrogen-bond acceptors (Lipinski definition) is 4. The Morgan fingerprint density at radius 3 is 3.00 bits per heavy atom. The monoisotopic (exact) mass is 345 g/mol. The van der Waals surface area contributed by atoms with Crippen LogP contribution in [-0.2, 0) is 24.1 Å². The van der Waals surface area contributed by atoms with E-state index < -0.39 is 0 Å². The first-order valence-electron chi connectivity index (χ1n) is 8.36. The molecule has 5 nitrogen and oxygen atoms in total. The molecule has 1 atom stereocenters. The van der Waals surface area contributed by atoms with Gasteiger partial charge in [-0.1, -0.05) is 37.3 Å². The molecule has 1 aliphatic heterocycles. The molecule has 0 radical (unpaired) electrons. The third-order valence-corrected chi connectivity index (χ3v) is 5.10. The van der Waals surface area contributed by atoms with Gasteiger partial charge >= 0.3 is 6.03 Å². The van der Waals surface area contributed by atoms with Crippen LogP contribution in [0.5, 0.6) is 0 Å².